The number of sulfone groups is 1. The van der Waals surface area contributed by atoms with Crippen LogP contribution in [0, 0.1) is 6.92 Å². The van der Waals surface area contributed by atoms with E-state index in [1.54, 1.807) is 17.9 Å². The Balaban J connectivity index is 1.57. The zero-order chi connectivity index (χ0) is 24.7. The molecule has 10 heteroatoms. The van der Waals surface area contributed by atoms with Crippen LogP contribution < -0.4 is 4.74 Å². The molecule has 2 saturated heterocycles. The smallest absolute Gasteiger partial charge is 0.266 e. The van der Waals surface area contributed by atoms with Crippen LogP contribution in [0.25, 0.3) is 23.0 Å². The number of benzene rings is 2. The lowest BCUT2D eigenvalue weighted by Gasteiger charge is -2.20. The fourth-order valence-corrected chi connectivity index (χ4v) is 7.45. The van der Waals surface area contributed by atoms with Gasteiger partial charge in [0.25, 0.3) is 5.91 Å². The van der Waals surface area contributed by atoms with Crippen molar-refractivity contribution in [3.8, 4) is 22.7 Å². The number of carbonyl (C=O) groups is 1. The number of aromatic nitrogens is 2. The number of hydrogen-bond acceptors (Lipinski definition) is 7. The summed E-state index contributed by atoms with van der Waals surface area (Å²) in [6.07, 6.45) is 4.10. The van der Waals surface area contributed by atoms with Gasteiger partial charge in [-0.05, 0) is 55.3 Å². The van der Waals surface area contributed by atoms with Gasteiger partial charge < -0.3 is 4.74 Å². The number of rotatable bonds is 5. The highest BCUT2D eigenvalue weighted by atomic mass is 32.2. The number of amides is 1. The molecule has 0 saturated carbocycles. The van der Waals surface area contributed by atoms with E-state index in [2.05, 4.69) is 0 Å². The van der Waals surface area contributed by atoms with Crippen LogP contribution in [0.3, 0.4) is 0 Å². The van der Waals surface area contributed by atoms with Crippen LogP contribution in [-0.2, 0) is 14.6 Å². The Labute approximate surface area is 213 Å². The highest BCUT2D eigenvalue weighted by Crippen LogP contribution is 2.38. The van der Waals surface area contributed by atoms with E-state index in [9.17, 15) is 13.2 Å². The molecule has 180 valence electrons. The summed E-state index contributed by atoms with van der Waals surface area (Å²) in [7, 11) is -1.52. The number of hydrogen-bond donors (Lipinski definition) is 0. The molecule has 0 radical (unpaired) electrons. The van der Waals surface area contributed by atoms with Gasteiger partial charge in [0.1, 0.15) is 15.8 Å². The molecule has 7 nitrogen and oxygen atoms in total. The van der Waals surface area contributed by atoms with Crippen LogP contribution in [0.4, 0.5) is 0 Å². The lowest BCUT2D eigenvalue weighted by Crippen LogP contribution is -2.39. The molecule has 0 unspecified atom stereocenters. The standard InChI is InChI=1S/C25H23N3O4S3/c1-16-12-20(32-2)8-9-21(16)23-17(14-27(26-23)18-6-4-3-5-7-18)13-22-24(29)28(25(33)34-22)19-10-11-35(30,31)15-19/h3-9,12-14,19H,10-11,15H2,1-2H3/b22-13-/t19-/m0/s1. The Hall–Kier alpha value is -2.95. The van der Waals surface area contributed by atoms with E-state index in [0.717, 1.165) is 33.8 Å². The molecule has 2 aliphatic heterocycles. The molecule has 0 aliphatic carbocycles. The number of thiocarbonyl (C=S) groups is 1. The van der Waals surface area contributed by atoms with Crippen molar-refractivity contribution in [2.24, 2.45) is 0 Å². The Bertz CT molecular complexity index is 1460. The Kier molecular flexibility index (Phi) is 6.29. The molecule has 1 amide bonds. The summed E-state index contributed by atoms with van der Waals surface area (Å²) in [5, 5.41) is 4.85. The predicted molar refractivity (Wildman–Crippen MR) is 142 cm³/mol. The molecule has 3 aromatic rings. The molecule has 1 aromatic heterocycles. The van der Waals surface area contributed by atoms with Gasteiger partial charge in [0, 0.05) is 17.3 Å². The molecule has 2 aromatic carbocycles. The van der Waals surface area contributed by atoms with Crippen LogP contribution in [0.1, 0.15) is 17.5 Å². The van der Waals surface area contributed by atoms with Crippen LogP contribution in [0.5, 0.6) is 5.75 Å². The maximum absolute atomic E-state index is 13.3. The number of aryl methyl sites for hydroxylation is 1. The Morgan fingerprint density at radius 3 is 2.63 bits per heavy atom. The van der Waals surface area contributed by atoms with Crippen LogP contribution in [-0.4, -0.2) is 58.0 Å². The first kappa shape index (κ1) is 23.8. The van der Waals surface area contributed by atoms with Gasteiger partial charge in [-0.2, -0.15) is 5.10 Å². The summed E-state index contributed by atoms with van der Waals surface area (Å²) >= 11 is 6.68. The van der Waals surface area contributed by atoms with Crippen molar-refractivity contribution >= 4 is 50.1 Å². The highest BCUT2D eigenvalue weighted by Gasteiger charge is 2.42. The topological polar surface area (TPSA) is 81.5 Å². The van der Waals surface area contributed by atoms with Gasteiger partial charge in [-0.15, -0.1) is 0 Å². The third kappa shape index (κ3) is 4.65. The molecule has 3 heterocycles. The summed E-state index contributed by atoms with van der Waals surface area (Å²) < 4.78 is 31.5. The molecule has 0 spiro atoms. The lowest BCUT2D eigenvalue weighted by molar-refractivity contribution is -0.123. The second kappa shape index (κ2) is 9.25. The average Bonchev–Trinajstić information content (AvgIpc) is 3.49. The maximum Gasteiger partial charge on any atom is 0.266 e. The molecule has 1 atom stereocenters. The molecule has 0 N–H and O–H groups in total. The first-order chi connectivity index (χ1) is 16.8. The van der Waals surface area contributed by atoms with Crippen LogP contribution in [0.15, 0.2) is 59.6 Å². The van der Waals surface area contributed by atoms with Gasteiger partial charge in [0.15, 0.2) is 9.84 Å². The van der Waals surface area contributed by atoms with Gasteiger partial charge in [0.05, 0.1) is 35.2 Å². The number of thioether (sulfide) groups is 1. The van der Waals surface area contributed by atoms with Gasteiger partial charge in [0.2, 0.25) is 0 Å². The maximum atomic E-state index is 13.3. The molecular weight excluding hydrogens is 502 g/mol. The second-order valence-corrected chi connectivity index (χ2v) is 12.4. The van der Waals surface area contributed by atoms with Crippen molar-refractivity contribution in [3.63, 3.8) is 0 Å². The third-order valence-corrected chi connectivity index (χ3v) is 9.22. The molecular formula is C25H23N3O4S3. The molecule has 0 bridgehead atoms. The zero-order valence-electron chi connectivity index (χ0n) is 19.2. The number of ether oxygens (including phenoxy) is 1. The monoisotopic (exact) mass is 525 g/mol. The largest absolute Gasteiger partial charge is 0.497 e. The number of para-hydroxylation sites is 1. The van der Waals surface area contributed by atoms with Crippen LogP contribution in [0.2, 0.25) is 0 Å². The van der Waals surface area contributed by atoms with Crippen LogP contribution >= 0.6 is 24.0 Å². The average molecular weight is 526 g/mol. The minimum atomic E-state index is -3.14. The fraction of sp³-hybridized carbons (Fsp3) is 0.240. The van der Waals surface area contributed by atoms with E-state index in [1.807, 2.05) is 61.7 Å². The van der Waals surface area contributed by atoms with Crippen molar-refractivity contribution in [2.75, 3.05) is 18.6 Å². The molecule has 35 heavy (non-hydrogen) atoms. The molecule has 2 aliphatic rings. The van der Waals surface area contributed by atoms with E-state index in [-0.39, 0.29) is 17.4 Å². The Morgan fingerprint density at radius 1 is 1.20 bits per heavy atom. The first-order valence-corrected chi connectivity index (χ1v) is 14.1. The number of nitrogens with zero attached hydrogens (tertiary/aromatic N) is 3. The lowest BCUT2D eigenvalue weighted by atomic mass is 10.0. The number of carbonyl (C=O) groups excluding carboxylic acids is 1. The first-order valence-electron chi connectivity index (χ1n) is 11.0. The second-order valence-electron chi connectivity index (χ2n) is 8.50. The summed E-state index contributed by atoms with van der Waals surface area (Å²) in [5.74, 6) is 0.530. The van der Waals surface area contributed by atoms with Gasteiger partial charge in [-0.25, -0.2) is 13.1 Å². The molecule has 2 fully saturated rings. The third-order valence-electron chi connectivity index (χ3n) is 6.14. The quantitative estimate of drug-likeness (QED) is 0.364. The Morgan fingerprint density at radius 2 is 1.97 bits per heavy atom. The van der Waals surface area contributed by atoms with E-state index in [0.29, 0.717) is 15.6 Å². The van der Waals surface area contributed by atoms with Crippen molar-refractivity contribution in [1.82, 2.24) is 14.7 Å². The molecule has 5 rings (SSSR count). The van der Waals surface area contributed by atoms with Crippen molar-refractivity contribution in [2.45, 2.75) is 19.4 Å². The predicted octanol–water partition coefficient (Wildman–Crippen LogP) is 4.24. The van der Waals surface area contributed by atoms with Crippen molar-refractivity contribution < 1.29 is 17.9 Å². The van der Waals surface area contributed by atoms with Gasteiger partial charge in [-0.1, -0.05) is 42.2 Å². The summed E-state index contributed by atoms with van der Waals surface area (Å²) in [6, 6.07) is 15.1. The SMILES string of the molecule is COc1ccc(-c2nn(-c3ccccc3)cc2/C=C2\SC(=S)N([C@H]3CCS(=O)(=O)C3)C2=O)c(C)c1. The number of methoxy groups -OCH3 is 1. The minimum absolute atomic E-state index is 0.0467. The van der Waals surface area contributed by atoms with E-state index >= 15 is 0 Å². The van der Waals surface area contributed by atoms with Crippen molar-refractivity contribution in [3.05, 3.63) is 70.8 Å². The summed E-state index contributed by atoms with van der Waals surface area (Å²) in [6.45, 7) is 1.99. The zero-order valence-corrected chi connectivity index (χ0v) is 21.6. The van der Waals surface area contributed by atoms with E-state index in [1.165, 1.54) is 16.7 Å². The van der Waals surface area contributed by atoms with Crippen molar-refractivity contribution in [1.29, 1.82) is 0 Å². The highest BCUT2D eigenvalue weighted by molar-refractivity contribution is 8.26. The fourth-order valence-electron chi connectivity index (χ4n) is 4.36. The summed E-state index contributed by atoms with van der Waals surface area (Å²) in [5.41, 5.74) is 4.29. The van der Waals surface area contributed by atoms with E-state index < -0.39 is 15.9 Å². The van der Waals surface area contributed by atoms with E-state index in [4.69, 9.17) is 22.1 Å². The normalized spacial score (nSPS) is 20.7. The minimum Gasteiger partial charge on any atom is -0.497 e. The van der Waals surface area contributed by atoms with Gasteiger partial charge in [-0.3, -0.25) is 9.69 Å². The summed E-state index contributed by atoms with van der Waals surface area (Å²) in [4.78, 5) is 15.2. The van der Waals surface area contributed by atoms with Gasteiger partial charge >= 0.3 is 0 Å².